The molecule has 2 aromatic rings. The summed E-state index contributed by atoms with van der Waals surface area (Å²) in [7, 11) is 0. The molecule has 27 heavy (non-hydrogen) atoms. The van der Waals surface area contributed by atoms with Crippen LogP contribution in [0.25, 0.3) is 0 Å². The SMILES string of the molecule is CCCCCC/C=C(/N(Cc1ccccc1)Cc1ccccc1)C(F)(F)F. The van der Waals surface area contributed by atoms with Gasteiger partial charge in [-0.2, -0.15) is 13.2 Å². The van der Waals surface area contributed by atoms with Crippen molar-refractivity contribution in [2.45, 2.75) is 58.3 Å². The second-order valence-electron chi connectivity index (χ2n) is 6.76. The summed E-state index contributed by atoms with van der Waals surface area (Å²) in [5.41, 5.74) is 1.20. The van der Waals surface area contributed by atoms with E-state index in [1.807, 2.05) is 60.7 Å². The molecule has 146 valence electrons. The number of unbranched alkanes of at least 4 members (excludes halogenated alkanes) is 4. The van der Waals surface area contributed by atoms with Crippen LogP contribution < -0.4 is 0 Å². The zero-order valence-corrected chi connectivity index (χ0v) is 15.9. The number of rotatable bonds is 10. The van der Waals surface area contributed by atoms with Crippen molar-refractivity contribution in [2.24, 2.45) is 0 Å². The maximum atomic E-state index is 13.8. The molecule has 0 amide bonds. The molecule has 0 heterocycles. The number of hydrogen-bond acceptors (Lipinski definition) is 1. The Bertz CT molecular complexity index is 636. The number of allylic oxidation sites excluding steroid dienone is 2. The quantitative estimate of drug-likeness (QED) is 0.400. The molecule has 0 aromatic heterocycles. The zero-order valence-electron chi connectivity index (χ0n) is 15.9. The van der Waals surface area contributed by atoms with Crippen molar-refractivity contribution in [3.05, 3.63) is 83.6 Å². The number of halogens is 3. The maximum absolute atomic E-state index is 13.8. The Morgan fingerprint density at radius 3 is 1.78 bits per heavy atom. The fourth-order valence-electron chi connectivity index (χ4n) is 3.07. The number of nitrogens with zero attached hydrogens (tertiary/aromatic N) is 1. The van der Waals surface area contributed by atoms with E-state index in [1.165, 1.54) is 11.0 Å². The maximum Gasteiger partial charge on any atom is 0.430 e. The van der Waals surface area contributed by atoms with Crippen LogP contribution in [0.3, 0.4) is 0 Å². The summed E-state index contributed by atoms with van der Waals surface area (Å²) in [6, 6.07) is 18.7. The minimum absolute atomic E-state index is 0.232. The third kappa shape index (κ3) is 7.49. The van der Waals surface area contributed by atoms with E-state index in [4.69, 9.17) is 0 Å². The molecule has 0 aliphatic carbocycles. The normalized spacial score (nSPS) is 12.2. The van der Waals surface area contributed by atoms with Gasteiger partial charge in [-0.3, -0.25) is 0 Å². The molecule has 0 aliphatic rings. The zero-order chi connectivity index (χ0) is 19.5. The van der Waals surface area contributed by atoms with E-state index in [-0.39, 0.29) is 13.1 Å². The second kappa shape index (κ2) is 10.8. The van der Waals surface area contributed by atoms with Gasteiger partial charge in [-0.15, -0.1) is 0 Å². The summed E-state index contributed by atoms with van der Waals surface area (Å²) in [5, 5.41) is 0. The average Bonchev–Trinajstić information content (AvgIpc) is 2.65. The molecule has 4 heteroatoms. The standard InChI is InChI=1S/C23H28F3N/c1-2-3-4-5-12-17-22(23(24,25)26)27(18-20-13-8-6-9-14-20)19-21-15-10-7-11-16-21/h6-11,13-17H,2-5,12,18-19H2,1H3/b22-17+. The van der Waals surface area contributed by atoms with Crippen molar-refractivity contribution in [3.63, 3.8) is 0 Å². The lowest BCUT2D eigenvalue weighted by atomic mass is 10.1. The van der Waals surface area contributed by atoms with Crippen LogP contribution in [0, 0.1) is 0 Å². The Labute approximate surface area is 160 Å². The Balaban J connectivity index is 2.23. The van der Waals surface area contributed by atoms with E-state index >= 15 is 0 Å². The van der Waals surface area contributed by atoms with Gasteiger partial charge in [0.2, 0.25) is 0 Å². The molecular weight excluding hydrogens is 347 g/mol. The van der Waals surface area contributed by atoms with Crippen LogP contribution >= 0.6 is 0 Å². The van der Waals surface area contributed by atoms with Crippen LogP contribution in [0.2, 0.25) is 0 Å². The summed E-state index contributed by atoms with van der Waals surface area (Å²) in [6.07, 6.45) is 1.36. The molecule has 0 atom stereocenters. The third-order valence-corrected chi connectivity index (χ3v) is 4.46. The molecule has 0 radical (unpaired) electrons. The number of benzene rings is 2. The van der Waals surface area contributed by atoms with Gasteiger partial charge in [-0.05, 0) is 24.0 Å². The molecule has 2 rings (SSSR count). The predicted molar refractivity (Wildman–Crippen MR) is 105 cm³/mol. The molecule has 0 saturated carbocycles. The van der Waals surface area contributed by atoms with Crippen molar-refractivity contribution in [1.29, 1.82) is 0 Å². The third-order valence-electron chi connectivity index (χ3n) is 4.46. The van der Waals surface area contributed by atoms with Gasteiger partial charge in [-0.1, -0.05) is 92.9 Å². The highest BCUT2D eigenvalue weighted by atomic mass is 19.4. The largest absolute Gasteiger partial charge is 0.430 e. The Hall–Kier alpha value is -2.23. The minimum Gasteiger partial charge on any atom is -0.359 e. The lowest BCUT2D eigenvalue weighted by molar-refractivity contribution is -0.113. The van der Waals surface area contributed by atoms with Gasteiger partial charge in [-0.25, -0.2) is 0 Å². The lowest BCUT2D eigenvalue weighted by Crippen LogP contribution is -2.31. The molecule has 0 spiro atoms. The summed E-state index contributed by atoms with van der Waals surface area (Å²) < 4.78 is 41.5. The summed E-state index contributed by atoms with van der Waals surface area (Å²) >= 11 is 0. The van der Waals surface area contributed by atoms with Gasteiger partial charge in [0.05, 0.1) is 0 Å². The second-order valence-corrected chi connectivity index (χ2v) is 6.76. The fourth-order valence-corrected chi connectivity index (χ4v) is 3.07. The van der Waals surface area contributed by atoms with Gasteiger partial charge in [0.15, 0.2) is 0 Å². The molecule has 1 nitrogen and oxygen atoms in total. The van der Waals surface area contributed by atoms with Crippen molar-refractivity contribution in [1.82, 2.24) is 4.90 Å². The van der Waals surface area contributed by atoms with Crippen LogP contribution in [0.15, 0.2) is 72.4 Å². The van der Waals surface area contributed by atoms with Crippen LogP contribution in [-0.4, -0.2) is 11.1 Å². The topological polar surface area (TPSA) is 3.24 Å². The summed E-state index contributed by atoms with van der Waals surface area (Å²) in [5.74, 6) is 0. The summed E-state index contributed by atoms with van der Waals surface area (Å²) in [6.45, 7) is 2.56. The van der Waals surface area contributed by atoms with Gasteiger partial charge >= 0.3 is 6.18 Å². The highest BCUT2D eigenvalue weighted by Crippen LogP contribution is 2.31. The van der Waals surface area contributed by atoms with Crippen LogP contribution in [0.4, 0.5) is 13.2 Å². The van der Waals surface area contributed by atoms with Gasteiger partial charge in [0.25, 0.3) is 0 Å². The monoisotopic (exact) mass is 375 g/mol. The number of alkyl halides is 3. The van der Waals surface area contributed by atoms with E-state index in [0.29, 0.717) is 6.42 Å². The average molecular weight is 375 g/mol. The van der Waals surface area contributed by atoms with Crippen molar-refractivity contribution >= 4 is 0 Å². The molecule has 0 bridgehead atoms. The Morgan fingerprint density at radius 1 is 0.815 bits per heavy atom. The van der Waals surface area contributed by atoms with E-state index in [2.05, 4.69) is 6.92 Å². The Kier molecular flexibility index (Phi) is 8.43. The minimum atomic E-state index is -4.37. The number of hydrogen-bond donors (Lipinski definition) is 0. The first-order valence-corrected chi connectivity index (χ1v) is 9.61. The predicted octanol–water partition coefficient (Wildman–Crippen LogP) is 7.11. The van der Waals surface area contributed by atoms with Crippen LogP contribution in [0.5, 0.6) is 0 Å². The Morgan fingerprint density at radius 2 is 1.33 bits per heavy atom. The van der Waals surface area contributed by atoms with Crippen molar-refractivity contribution in [2.75, 3.05) is 0 Å². The lowest BCUT2D eigenvalue weighted by Gasteiger charge is -2.29. The van der Waals surface area contributed by atoms with Crippen molar-refractivity contribution in [3.8, 4) is 0 Å². The molecule has 0 aliphatic heterocycles. The molecule has 2 aromatic carbocycles. The van der Waals surface area contributed by atoms with Crippen LogP contribution in [-0.2, 0) is 13.1 Å². The van der Waals surface area contributed by atoms with Gasteiger partial charge in [0.1, 0.15) is 5.70 Å². The van der Waals surface area contributed by atoms with Gasteiger partial charge in [0, 0.05) is 13.1 Å². The van der Waals surface area contributed by atoms with E-state index in [0.717, 1.165) is 36.8 Å². The molecule has 0 fully saturated rings. The van der Waals surface area contributed by atoms with E-state index in [1.54, 1.807) is 0 Å². The van der Waals surface area contributed by atoms with Crippen molar-refractivity contribution < 1.29 is 13.2 Å². The molecular formula is C23H28F3N. The first kappa shape index (κ1) is 21.1. The molecule has 0 saturated heterocycles. The highest BCUT2D eigenvalue weighted by Gasteiger charge is 2.37. The first-order valence-electron chi connectivity index (χ1n) is 9.61. The molecule has 0 unspecified atom stereocenters. The van der Waals surface area contributed by atoms with E-state index in [9.17, 15) is 13.2 Å². The van der Waals surface area contributed by atoms with Gasteiger partial charge < -0.3 is 4.90 Å². The smallest absolute Gasteiger partial charge is 0.359 e. The van der Waals surface area contributed by atoms with Crippen LogP contribution in [0.1, 0.15) is 50.2 Å². The summed E-state index contributed by atoms with van der Waals surface area (Å²) in [4.78, 5) is 1.45. The fraction of sp³-hybridized carbons (Fsp3) is 0.391. The van der Waals surface area contributed by atoms with E-state index < -0.39 is 11.9 Å². The molecule has 0 N–H and O–H groups in total. The first-order chi connectivity index (χ1) is 13.0. The highest BCUT2D eigenvalue weighted by molar-refractivity contribution is 5.21.